The minimum atomic E-state index is 0.263. The van der Waals surface area contributed by atoms with Gasteiger partial charge in [-0.15, -0.1) is 0 Å². The summed E-state index contributed by atoms with van der Waals surface area (Å²) < 4.78 is 10.5. The lowest BCUT2D eigenvalue weighted by Crippen LogP contribution is -2.13. The maximum Gasteiger partial charge on any atom is 0.161 e. The third-order valence-corrected chi connectivity index (χ3v) is 2.29. The molecule has 1 aliphatic carbocycles. The molecule has 1 aliphatic rings. The topological polar surface area (TPSA) is 35.5 Å². The first kappa shape index (κ1) is 11.7. The number of Topliss-reactive ketones (excluding diaryl/α,β-unsaturated/α-hetero) is 1. The second-order valence-electron chi connectivity index (χ2n) is 3.76. The van der Waals surface area contributed by atoms with Gasteiger partial charge in [-0.1, -0.05) is 13.3 Å². The molecule has 0 aromatic carbocycles. The molecule has 0 saturated heterocycles. The zero-order valence-electron chi connectivity index (χ0n) is 8.96. The zero-order valence-corrected chi connectivity index (χ0v) is 8.96. The van der Waals surface area contributed by atoms with Crippen LogP contribution in [-0.2, 0) is 14.3 Å². The van der Waals surface area contributed by atoms with Crippen molar-refractivity contribution < 1.29 is 14.3 Å². The standard InChI is InChI=1S/C11H20O3/c1-2-3-6-13-7-8-14-9-11(12)10-4-5-10/h10H,2-9H2,1H3. The van der Waals surface area contributed by atoms with Crippen molar-refractivity contribution in [2.45, 2.75) is 32.6 Å². The summed E-state index contributed by atoms with van der Waals surface area (Å²) in [7, 11) is 0. The van der Waals surface area contributed by atoms with Crippen LogP contribution in [0.2, 0.25) is 0 Å². The minimum absolute atomic E-state index is 0.263. The second kappa shape index (κ2) is 6.96. The van der Waals surface area contributed by atoms with Gasteiger partial charge in [0.15, 0.2) is 5.78 Å². The molecule has 82 valence electrons. The molecule has 0 spiro atoms. The van der Waals surface area contributed by atoms with E-state index in [1.165, 1.54) is 0 Å². The summed E-state index contributed by atoms with van der Waals surface area (Å²) in [6.45, 7) is 4.37. The Bertz CT molecular complexity index is 164. The molecule has 0 N–H and O–H groups in total. The molecule has 3 nitrogen and oxygen atoms in total. The third-order valence-electron chi connectivity index (χ3n) is 2.29. The summed E-state index contributed by atoms with van der Waals surface area (Å²) in [4.78, 5) is 11.2. The Morgan fingerprint density at radius 2 is 1.93 bits per heavy atom. The van der Waals surface area contributed by atoms with E-state index in [4.69, 9.17) is 9.47 Å². The van der Waals surface area contributed by atoms with E-state index in [1.807, 2.05) is 0 Å². The molecule has 0 radical (unpaired) electrons. The van der Waals surface area contributed by atoms with E-state index >= 15 is 0 Å². The van der Waals surface area contributed by atoms with Gasteiger partial charge < -0.3 is 9.47 Å². The smallest absolute Gasteiger partial charge is 0.161 e. The highest BCUT2D eigenvalue weighted by atomic mass is 16.5. The van der Waals surface area contributed by atoms with Crippen LogP contribution in [0.3, 0.4) is 0 Å². The van der Waals surface area contributed by atoms with Crippen molar-refractivity contribution in [2.75, 3.05) is 26.4 Å². The number of hydrogen-bond acceptors (Lipinski definition) is 3. The van der Waals surface area contributed by atoms with Gasteiger partial charge in [0.1, 0.15) is 6.61 Å². The van der Waals surface area contributed by atoms with Crippen molar-refractivity contribution in [3.05, 3.63) is 0 Å². The summed E-state index contributed by atoms with van der Waals surface area (Å²) >= 11 is 0. The molecule has 0 heterocycles. The predicted octanol–water partition coefficient (Wildman–Crippen LogP) is 1.80. The van der Waals surface area contributed by atoms with Gasteiger partial charge in [0.25, 0.3) is 0 Å². The molecule has 3 heteroatoms. The van der Waals surface area contributed by atoms with Gasteiger partial charge in [-0.2, -0.15) is 0 Å². The zero-order chi connectivity index (χ0) is 10.2. The van der Waals surface area contributed by atoms with Crippen molar-refractivity contribution >= 4 is 5.78 Å². The van der Waals surface area contributed by atoms with E-state index in [9.17, 15) is 4.79 Å². The minimum Gasteiger partial charge on any atom is -0.379 e. The summed E-state index contributed by atoms with van der Waals surface area (Å²) in [5.41, 5.74) is 0. The van der Waals surface area contributed by atoms with Gasteiger partial charge in [-0.25, -0.2) is 0 Å². The maximum atomic E-state index is 11.2. The largest absolute Gasteiger partial charge is 0.379 e. The molecular weight excluding hydrogens is 180 g/mol. The van der Waals surface area contributed by atoms with Gasteiger partial charge in [0.2, 0.25) is 0 Å². The Balaban J connectivity index is 1.77. The molecule has 0 unspecified atom stereocenters. The predicted molar refractivity (Wildman–Crippen MR) is 54.3 cm³/mol. The van der Waals surface area contributed by atoms with Gasteiger partial charge in [0.05, 0.1) is 13.2 Å². The van der Waals surface area contributed by atoms with Crippen LogP contribution in [0, 0.1) is 5.92 Å². The Morgan fingerprint density at radius 3 is 2.57 bits per heavy atom. The Morgan fingerprint density at radius 1 is 1.21 bits per heavy atom. The lowest BCUT2D eigenvalue weighted by atomic mass is 10.3. The van der Waals surface area contributed by atoms with Crippen LogP contribution in [0.1, 0.15) is 32.6 Å². The Kier molecular flexibility index (Phi) is 5.80. The quantitative estimate of drug-likeness (QED) is 0.532. The fourth-order valence-corrected chi connectivity index (χ4v) is 1.16. The average molecular weight is 200 g/mol. The van der Waals surface area contributed by atoms with E-state index in [2.05, 4.69) is 6.92 Å². The Hall–Kier alpha value is -0.410. The number of carbonyl (C=O) groups is 1. The fourth-order valence-electron chi connectivity index (χ4n) is 1.16. The number of unbranched alkanes of at least 4 members (excludes halogenated alkanes) is 1. The first-order valence-corrected chi connectivity index (χ1v) is 5.52. The highest BCUT2D eigenvalue weighted by Gasteiger charge is 2.28. The molecule has 0 aromatic rings. The summed E-state index contributed by atoms with van der Waals surface area (Å²) in [5.74, 6) is 0.578. The van der Waals surface area contributed by atoms with E-state index in [0.717, 1.165) is 32.3 Å². The van der Waals surface area contributed by atoms with Gasteiger partial charge in [-0.05, 0) is 19.3 Å². The first-order valence-electron chi connectivity index (χ1n) is 5.52. The first-order chi connectivity index (χ1) is 6.84. The van der Waals surface area contributed by atoms with Crippen LogP contribution in [-0.4, -0.2) is 32.2 Å². The molecule has 0 bridgehead atoms. The molecule has 1 saturated carbocycles. The van der Waals surface area contributed by atoms with Crippen LogP contribution >= 0.6 is 0 Å². The molecule has 0 amide bonds. The lowest BCUT2D eigenvalue weighted by Gasteiger charge is -2.04. The van der Waals surface area contributed by atoms with Crippen molar-refractivity contribution in [3.8, 4) is 0 Å². The van der Waals surface area contributed by atoms with Crippen LogP contribution in [0.5, 0.6) is 0 Å². The molecule has 0 aliphatic heterocycles. The fraction of sp³-hybridized carbons (Fsp3) is 0.909. The number of ketones is 1. The van der Waals surface area contributed by atoms with Crippen molar-refractivity contribution in [1.29, 1.82) is 0 Å². The van der Waals surface area contributed by atoms with Gasteiger partial charge in [0, 0.05) is 12.5 Å². The molecule has 0 atom stereocenters. The number of rotatable bonds is 9. The monoisotopic (exact) mass is 200 g/mol. The SMILES string of the molecule is CCCCOCCOCC(=O)C1CC1. The average Bonchev–Trinajstić information content (AvgIpc) is 2.99. The lowest BCUT2D eigenvalue weighted by molar-refractivity contribution is -0.125. The van der Waals surface area contributed by atoms with Crippen molar-refractivity contribution in [1.82, 2.24) is 0 Å². The van der Waals surface area contributed by atoms with E-state index < -0.39 is 0 Å². The molecular formula is C11H20O3. The van der Waals surface area contributed by atoms with Crippen LogP contribution < -0.4 is 0 Å². The number of carbonyl (C=O) groups excluding carboxylic acids is 1. The highest BCUT2D eigenvalue weighted by molar-refractivity contribution is 5.84. The third kappa shape index (κ3) is 5.35. The van der Waals surface area contributed by atoms with Crippen LogP contribution in [0.15, 0.2) is 0 Å². The molecule has 1 rings (SSSR count). The number of ether oxygens (including phenoxy) is 2. The van der Waals surface area contributed by atoms with Gasteiger partial charge in [-0.3, -0.25) is 4.79 Å². The summed E-state index contributed by atoms with van der Waals surface area (Å²) in [6.07, 6.45) is 4.38. The molecule has 0 aromatic heterocycles. The van der Waals surface area contributed by atoms with Gasteiger partial charge >= 0.3 is 0 Å². The number of hydrogen-bond donors (Lipinski definition) is 0. The second-order valence-corrected chi connectivity index (χ2v) is 3.76. The van der Waals surface area contributed by atoms with Crippen molar-refractivity contribution in [2.24, 2.45) is 5.92 Å². The van der Waals surface area contributed by atoms with E-state index in [-0.39, 0.29) is 12.4 Å². The van der Waals surface area contributed by atoms with Crippen LogP contribution in [0.25, 0.3) is 0 Å². The highest BCUT2D eigenvalue weighted by Crippen LogP contribution is 2.29. The maximum absolute atomic E-state index is 11.2. The molecule has 14 heavy (non-hydrogen) atoms. The van der Waals surface area contributed by atoms with Crippen LogP contribution in [0.4, 0.5) is 0 Å². The van der Waals surface area contributed by atoms with Crippen molar-refractivity contribution in [3.63, 3.8) is 0 Å². The normalized spacial score (nSPS) is 15.8. The summed E-state index contributed by atoms with van der Waals surface area (Å²) in [5, 5.41) is 0. The summed E-state index contributed by atoms with van der Waals surface area (Å²) in [6, 6.07) is 0. The van der Waals surface area contributed by atoms with E-state index in [1.54, 1.807) is 0 Å². The van der Waals surface area contributed by atoms with E-state index in [0.29, 0.717) is 19.1 Å². The Labute approximate surface area is 85.8 Å². The molecule has 1 fully saturated rings.